The van der Waals surface area contributed by atoms with Gasteiger partial charge in [0.15, 0.2) is 11.5 Å². The maximum Gasteiger partial charge on any atom is 0.259 e. The molecule has 6 heteroatoms. The Morgan fingerprint density at radius 3 is 2.81 bits per heavy atom. The fourth-order valence-electron chi connectivity index (χ4n) is 2.03. The number of rotatable bonds is 3. The zero-order chi connectivity index (χ0) is 14.8. The van der Waals surface area contributed by atoms with E-state index in [1.165, 1.54) is 7.11 Å². The number of carbonyl (C=O) groups excluding carboxylic acids is 1. The second-order valence-electron chi connectivity index (χ2n) is 4.37. The van der Waals surface area contributed by atoms with E-state index in [1.807, 2.05) is 0 Å². The Bertz CT molecular complexity index is 702. The normalized spacial score (nSPS) is 12.1. The molecule has 0 aliphatic carbocycles. The summed E-state index contributed by atoms with van der Waals surface area (Å²) in [7, 11) is 1.50. The molecule has 1 N–H and O–H groups in total. The highest BCUT2D eigenvalue weighted by Crippen LogP contribution is 2.34. The number of fused-ring (bicyclic) bond motifs is 1. The van der Waals surface area contributed by atoms with Gasteiger partial charge in [0.1, 0.15) is 5.75 Å². The van der Waals surface area contributed by atoms with E-state index in [0.717, 1.165) is 0 Å². The lowest BCUT2D eigenvalue weighted by Gasteiger charge is -2.10. The zero-order valence-electron chi connectivity index (χ0n) is 11.2. The lowest BCUT2D eigenvalue weighted by molar-refractivity contribution is 0.102. The van der Waals surface area contributed by atoms with Crippen LogP contribution in [-0.4, -0.2) is 19.8 Å². The van der Waals surface area contributed by atoms with Gasteiger partial charge < -0.3 is 19.5 Å². The highest BCUT2D eigenvalue weighted by atomic mass is 35.5. The van der Waals surface area contributed by atoms with Crippen LogP contribution in [0.2, 0.25) is 5.02 Å². The molecule has 1 aliphatic heterocycles. The van der Waals surface area contributed by atoms with Gasteiger partial charge in [-0.2, -0.15) is 0 Å². The third kappa shape index (κ3) is 2.73. The summed E-state index contributed by atoms with van der Waals surface area (Å²) in [6.07, 6.45) is 0. The minimum absolute atomic E-state index is 0.189. The Balaban J connectivity index is 1.85. The summed E-state index contributed by atoms with van der Waals surface area (Å²) in [5.74, 6) is 1.41. The Kier molecular flexibility index (Phi) is 3.58. The van der Waals surface area contributed by atoms with Gasteiger partial charge >= 0.3 is 0 Å². The minimum atomic E-state index is -0.312. The quantitative estimate of drug-likeness (QED) is 0.945. The fraction of sp³-hybridized carbons (Fsp3) is 0.133. The van der Waals surface area contributed by atoms with Crippen molar-refractivity contribution < 1.29 is 19.0 Å². The number of carbonyl (C=O) groups is 1. The van der Waals surface area contributed by atoms with Crippen molar-refractivity contribution in [1.82, 2.24) is 0 Å². The van der Waals surface area contributed by atoms with Crippen molar-refractivity contribution in [3.8, 4) is 17.2 Å². The molecule has 0 unspecified atom stereocenters. The average Bonchev–Trinajstić information content (AvgIpc) is 2.94. The number of hydrogen-bond donors (Lipinski definition) is 1. The zero-order valence-corrected chi connectivity index (χ0v) is 11.9. The molecule has 0 spiro atoms. The van der Waals surface area contributed by atoms with Crippen molar-refractivity contribution >= 4 is 23.2 Å². The summed E-state index contributed by atoms with van der Waals surface area (Å²) in [5.41, 5.74) is 0.967. The first-order valence-corrected chi connectivity index (χ1v) is 6.60. The van der Waals surface area contributed by atoms with Crippen molar-refractivity contribution in [2.24, 2.45) is 0 Å². The third-order valence-corrected chi connectivity index (χ3v) is 3.27. The molecule has 21 heavy (non-hydrogen) atoms. The highest BCUT2D eigenvalue weighted by molar-refractivity contribution is 6.31. The van der Waals surface area contributed by atoms with Gasteiger partial charge in [0.25, 0.3) is 5.91 Å². The standard InChI is InChI=1S/C15H12ClNO4/c1-19-12-4-2-9(16)6-11(12)15(18)17-10-3-5-13-14(7-10)21-8-20-13/h2-7H,8H2,1H3,(H,17,18). The number of halogens is 1. The molecular weight excluding hydrogens is 294 g/mol. The SMILES string of the molecule is COc1ccc(Cl)cc1C(=O)Nc1ccc2c(c1)OCO2. The van der Waals surface area contributed by atoms with Gasteiger partial charge in [-0.05, 0) is 30.3 Å². The van der Waals surface area contributed by atoms with E-state index >= 15 is 0 Å². The number of anilines is 1. The minimum Gasteiger partial charge on any atom is -0.496 e. The van der Waals surface area contributed by atoms with E-state index in [-0.39, 0.29) is 12.7 Å². The van der Waals surface area contributed by atoms with Crippen LogP contribution in [-0.2, 0) is 0 Å². The van der Waals surface area contributed by atoms with Crippen molar-refractivity contribution in [1.29, 1.82) is 0 Å². The van der Waals surface area contributed by atoms with Crippen LogP contribution in [0.4, 0.5) is 5.69 Å². The van der Waals surface area contributed by atoms with Gasteiger partial charge in [0, 0.05) is 16.8 Å². The van der Waals surface area contributed by atoms with E-state index in [0.29, 0.717) is 33.5 Å². The summed E-state index contributed by atoms with van der Waals surface area (Å²) in [4.78, 5) is 12.3. The molecule has 0 aromatic heterocycles. The maximum atomic E-state index is 12.3. The van der Waals surface area contributed by atoms with E-state index in [2.05, 4.69) is 5.32 Å². The summed E-state index contributed by atoms with van der Waals surface area (Å²) in [6, 6.07) is 10.1. The number of hydrogen-bond acceptors (Lipinski definition) is 4. The summed E-state index contributed by atoms with van der Waals surface area (Å²) >= 11 is 5.93. The largest absolute Gasteiger partial charge is 0.496 e. The highest BCUT2D eigenvalue weighted by Gasteiger charge is 2.16. The second kappa shape index (κ2) is 5.54. The molecule has 5 nitrogen and oxygen atoms in total. The Hall–Kier alpha value is -2.40. The predicted octanol–water partition coefficient (Wildman–Crippen LogP) is 3.33. The second-order valence-corrected chi connectivity index (χ2v) is 4.80. The molecule has 2 aromatic rings. The molecule has 0 bridgehead atoms. The topological polar surface area (TPSA) is 56.8 Å². The maximum absolute atomic E-state index is 12.3. The van der Waals surface area contributed by atoms with Gasteiger partial charge in [-0.1, -0.05) is 11.6 Å². The third-order valence-electron chi connectivity index (χ3n) is 3.04. The molecule has 0 radical (unpaired) electrons. The summed E-state index contributed by atoms with van der Waals surface area (Å²) < 4.78 is 15.7. The first kappa shape index (κ1) is 13.6. The molecule has 2 aromatic carbocycles. The van der Waals surface area contributed by atoms with Gasteiger partial charge in [0.2, 0.25) is 6.79 Å². The molecule has 0 saturated carbocycles. The van der Waals surface area contributed by atoms with Crippen LogP contribution in [0.1, 0.15) is 10.4 Å². The Morgan fingerprint density at radius 2 is 2.00 bits per heavy atom. The van der Waals surface area contributed by atoms with Gasteiger partial charge in [-0.15, -0.1) is 0 Å². The Labute approximate surface area is 126 Å². The van der Waals surface area contributed by atoms with Crippen molar-refractivity contribution in [2.45, 2.75) is 0 Å². The molecular formula is C15H12ClNO4. The van der Waals surface area contributed by atoms with Crippen LogP contribution < -0.4 is 19.5 Å². The smallest absolute Gasteiger partial charge is 0.259 e. The van der Waals surface area contributed by atoms with Crippen LogP contribution in [0.3, 0.4) is 0 Å². The Morgan fingerprint density at radius 1 is 1.19 bits per heavy atom. The predicted molar refractivity (Wildman–Crippen MR) is 78.5 cm³/mol. The molecule has 1 heterocycles. The van der Waals surface area contributed by atoms with Crippen LogP contribution >= 0.6 is 11.6 Å². The number of ether oxygens (including phenoxy) is 3. The first-order chi connectivity index (χ1) is 10.2. The van der Waals surface area contributed by atoms with E-state index in [9.17, 15) is 4.79 Å². The number of nitrogens with one attached hydrogen (secondary N) is 1. The molecule has 1 aliphatic rings. The van der Waals surface area contributed by atoms with Gasteiger partial charge in [0.05, 0.1) is 12.7 Å². The van der Waals surface area contributed by atoms with Crippen LogP contribution in [0.5, 0.6) is 17.2 Å². The monoisotopic (exact) mass is 305 g/mol. The lowest BCUT2D eigenvalue weighted by atomic mass is 10.1. The fourth-order valence-corrected chi connectivity index (χ4v) is 2.20. The number of amides is 1. The first-order valence-electron chi connectivity index (χ1n) is 6.22. The molecule has 108 valence electrons. The van der Waals surface area contributed by atoms with Gasteiger partial charge in [-0.3, -0.25) is 4.79 Å². The average molecular weight is 306 g/mol. The molecule has 0 atom stereocenters. The lowest BCUT2D eigenvalue weighted by Crippen LogP contribution is -2.13. The molecule has 0 fully saturated rings. The molecule has 0 saturated heterocycles. The van der Waals surface area contributed by atoms with E-state index < -0.39 is 0 Å². The molecule has 3 rings (SSSR count). The van der Waals surface area contributed by atoms with Gasteiger partial charge in [-0.25, -0.2) is 0 Å². The number of methoxy groups -OCH3 is 1. The van der Waals surface area contributed by atoms with Crippen LogP contribution in [0.25, 0.3) is 0 Å². The van der Waals surface area contributed by atoms with Crippen molar-refractivity contribution in [3.63, 3.8) is 0 Å². The van der Waals surface area contributed by atoms with Crippen LogP contribution in [0, 0.1) is 0 Å². The van der Waals surface area contributed by atoms with E-state index in [4.69, 9.17) is 25.8 Å². The molecule has 1 amide bonds. The van der Waals surface area contributed by atoms with E-state index in [1.54, 1.807) is 36.4 Å². The summed E-state index contributed by atoms with van der Waals surface area (Å²) in [5, 5.41) is 3.24. The number of benzene rings is 2. The van der Waals surface area contributed by atoms with Crippen molar-refractivity contribution in [3.05, 3.63) is 47.0 Å². The summed E-state index contributed by atoms with van der Waals surface area (Å²) in [6.45, 7) is 0.189. The van der Waals surface area contributed by atoms with Crippen molar-refractivity contribution in [2.75, 3.05) is 19.2 Å². The van der Waals surface area contributed by atoms with Crippen LogP contribution in [0.15, 0.2) is 36.4 Å².